The van der Waals surface area contributed by atoms with Crippen LogP contribution in [-0.4, -0.2) is 7.11 Å². The van der Waals surface area contributed by atoms with Crippen LogP contribution in [0, 0.1) is 0 Å². The summed E-state index contributed by atoms with van der Waals surface area (Å²) in [4.78, 5) is 1.30. The van der Waals surface area contributed by atoms with E-state index in [1.807, 2.05) is 18.2 Å². The number of fused-ring (bicyclic) bond motifs is 1. The van der Waals surface area contributed by atoms with Crippen LogP contribution in [0.2, 0.25) is 0 Å². The number of nitrogens with one attached hydrogen (secondary N) is 1. The van der Waals surface area contributed by atoms with Gasteiger partial charge in [0.25, 0.3) is 0 Å². The molecular weight excluding hydrogens is 338 g/mol. The highest BCUT2D eigenvalue weighted by molar-refractivity contribution is 9.11. The first-order valence-corrected chi connectivity index (χ1v) is 7.87. The van der Waals surface area contributed by atoms with Crippen molar-refractivity contribution < 1.29 is 9.15 Å². The molecule has 0 bridgehead atoms. The standard InChI is InChI=1S/C15H14BrNO2S/c1-18-13-4-2-3-10-7-11(19-15(10)13)8-17-9-12-5-6-14(16)20-12/h2-7,17H,8-9H2,1H3. The molecule has 3 aromatic rings. The van der Waals surface area contributed by atoms with Crippen LogP contribution in [0.3, 0.4) is 0 Å². The van der Waals surface area contributed by atoms with E-state index in [9.17, 15) is 0 Å². The Balaban J connectivity index is 1.68. The molecule has 0 fully saturated rings. The van der Waals surface area contributed by atoms with Gasteiger partial charge in [-0.3, -0.25) is 0 Å². The molecule has 1 aromatic carbocycles. The van der Waals surface area contributed by atoms with Crippen molar-refractivity contribution in [2.75, 3.05) is 7.11 Å². The van der Waals surface area contributed by atoms with Crippen molar-refractivity contribution in [3.63, 3.8) is 0 Å². The van der Waals surface area contributed by atoms with Gasteiger partial charge in [0.15, 0.2) is 11.3 Å². The average molecular weight is 352 g/mol. The Morgan fingerprint density at radius 1 is 1.25 bits per heavy atom. The number of rotatable bonds is 5. The molecule has 20 heavy (non-hydrogen) atoms. The number of thiophene rings is 1. The molecule has 0 aliphatic rings. The molecule has 0 aliphatic carbocycles. The fourth-order valence-corrected chi connectivity index (χ4v) is 3.55. The first-order chi connectivity index (χ1) is 9.76. The molecule has 104 valence electrons. The van der Waals surface area contributed by atoms with Crippen LogP contribution in [0.4, 0.5) is 0 Å². The van der Waals surface area contributed by atoms with Crippen molar-refractivity contribution in [2.24, 2.45) is 0 Å². The van der Waals surface area contributed by atoms with Crippen molar-refractivity contribution in [3.8, 4) is 5.75 Å². The molecule has 0 spiro atoms. The Morgan fingerprint density at radius 3 is 2.90 bits per heavy atom. The molecule has 1 N–H and O–H groups in total. The lowest BCUT2D eigenvalue weighted by atomic mass is 10.2. The lowest BCUT2D eigenvalue weighted by Crippen LogP contribution is -2.10. The SMILES string of the molecule is COc1cccc2cc(CNCc3ccc(Br)s3)oc12. The summed E-state index contributed by atoms with van der Waals surface area (Å²) in [6.07, 6.45) is 0. The van der Waals surface area contributed by atoms with Gasteiger partial charge in [-0.05, 0) is 40.2 Å². The number of halogens is 1. The van der Waals surface area contributed by atoms with Gasteiger partial charge in [-0.1, -0.05) is 12.1 Å². The van der Waals surface area contributed by atoms with Crippen LogP contribution in [-0.2, 0) is 13.1 Å². The Bertz CT molecular complexity index is 720. The fourth-order valence-electron chi connectivity index (χ4n) is 2.09. The van der Waals surface area contributed by atoms with E-state index < -0.39 is 0 Å². The summed E-state index contributed by atoms with van der Waals surface area (Å²) < 4.78 is 12.3. The molecule has 2 aromatic heterocycles. The summed E-state index contributed by atoms with van der Waals surface area (Å²) in [6.45, 7) is 1.54. The molecular formula is C15H14BrNO2S. The van der Waals surface area contributed by atoms with E-state index in [1.165, 1.54) is 4.88 Å². The second-order valence-electron chi connectivity index (χ2n) is 4.40. The van der Waals surface area contributed by atoms with Crippen molar-refractivity contribution in [2.45, 2.75) is 13.1 Å². The summed E-state index contributed by atoms with van der Waals surface area (Å²) in [5.41, 5.74) is 0.811. The minimum Gasteiger partial charge on any atom is -0.493 e. The molecule has 0 amide bonds. The van der Waals surface area contributed by atoms with Gasteiger partial charge in [0, 0.05) is 16.8 Å². The number of benzene rings is 1. The number of furan rings is 1. The number of hydrogen-bond donors (Lipinski definition) is 1. The Hall–Kier alpha value is -1.30. The van der Waals surface area contributed by atoms with Gasteiger partial charge in [-0.2, -0.15) is 0 Å². The fraction of sp³-hybridized carbons (Fsp3) is 0.200. The molecule has 0 saturated heterocycles. The van der Waals surface area contributed by atoms with E-state index in [1.54, 1.807) is 18.4 Å². The minimum atomic E-state index is 0.702. The van der Waals surface area contributed by atoms with E-state index in [0.29, 0.717) is 6.54 Å². The molecule has 3 rings (SSSR count). The third-order valence-electron chi connectivity index (χ3n) is 3.01. The summed E-state index contributed by atoms with van der Waals surface area (Å²) in [6, 6.07) is 12.1. The summed E-state index contributed by atoms with van der Waals surface area (Å²) in [5.74, 6) is 1.69. The Labute approximate surface area is 129 Å². The van der Waals surface area contributed by atoms with Gasteiger partial charge in [0.1, 0.15) is 5.76 Å². The third-order valence-corrected chi connectivity index (χ3v) is 4.63. The van der Waals surface area contributed by atoms with Crippen LogP contribution in [0.5, 0.6) is 5.75 Å². The normalized spacial score (nSPS) is 11.1. The van der Waals surface area contributed by atoms with Gasteiger partial charge in [0.05, 0.1) is 17.4 Å². The molecule has 0 unspecified atom stereocenters. The molecule has 5 heteroatoms. The first-order valence-electron chi connectivity index (χ1n) is 6.26. The van der Waals surface area contributed by atoms with Gasteiger partial charge in [0.2, 0.25) is 0 Å². The average Bonchev–Trinajstić information content (AvgIpc) is 3.04. The number of hydrogen-bond acceptors (Lipinski definition) is 4. The molecule has 0 radical (unpaired) electrons. The van der Waals surface area contributed by atoms with Gasteiger partial charge in [-0.25, -0.2) is 0 Å². The smallest absolute Gasteiger partial charge is 0.176 e. The Kier molecular flexibility index (Phi) is 4.10. The topological polar surface area (TPSA) is 34.4 Å². The second kappa shape index (κ2) is 5.99. The predicted molar refractivity (Wildman–Crippen MR) is 85.3 cm³/mol. The van der Waals surface area contributed by atoms with Crippen LogP contribution in [0.1, 0.15) is 10.6 Å². The minimum absolute atomic E-state index is 0.702. The van der Waals surface area contributed by atoms with E-state index in [-0.39, 0.29) is 0 Å². The number of methoxy groups -OCH3 is 1. The lowest BCUT2D eigenvalue weighted by molar-refractivity contribution is 0.406. The monoisotopic (exact) mass is 351 g/mol. The van der Waals surface area contributed by atoms with Gasteiger partial charge < -0.3 is 14.5 Å². The number of para-hydroxylation sites is 1. The van der Waals surface area contributed by atoms with Crippen LogP contribution < -0.4 is 10.1 Å². The van der Waals surface area contributed by atoms with E-state index in [4.69, 9.17) is 9.15 Å². The number of ether oxygens (including phenoxy) is 1. The van der Waals surface area contributed by atoms with Crippen molar-refractivity contribution >= 4 is 38.2 Å². The quantitative estimate of drug-likeness (QED) is 0.731. The summed E-state index contributed by atoms with van der Waals surface area (Å²) >= 11 is 5.20. The van der Waals surface area contributed by atoms with Gasteiger partial charge in [-0.15, -0.1) is 11.3 Å². The van der Waals surface area contributed by atoms with Crippen molar-refractivity contribution in [3.05, 3.63) is 50.8 Å². The van der Waals surface area contributed by atoms with Crippen LogP contribution in [0.25, 0.3) is 11.0 Å². The highest BCUT2D eigenvalue weighted by Gasteiger charge is 2.08. The zero-order valence-corrected chi connectivity index (χ0v) is 13.4. The summed E-state index contributed by atoms with van der Waals surface area (Å²) in [7, 11) is 1.66. The highest BCUT2D eigenvalue weighted by Crippen LogP contribution is 2.28. The Morgan fingerprint density at radius 2 is 2.15 bits per heavy atom. The van der Waals surface area contributed by atoms with E-state index >= 15 is 0 Å². The second-order valence-corrected chi connectivity index (χ2v) is 6.95. The van der Waals surface area contributed by atoms with Crippen molar-refractivity contribution in [1.82, 2.24) is 5.32 Å². The first kappa shape index (κ1) is 13.7. The maximum absolute atomic E-state index is 5.84. The van der Waals surface area contributed by atoms with Crippen LogP contribution >= 0.6 is 27.3 Å². The van der Waals surface area contributed by atoms with E-state index in [2.05, 4.69) is 39.4 Å². The van der Waals surface area contributed by atoms with Gasteiger partial charge >= 0.3 is 0 Å². The molecule has 0 saturated carbocycles. The molecule has 0 aliphatic heterocycles. The highest BCUT2D eigenvalue weighted by atomic mass is 79.9. The maximum Gasteiger partial charge on any atom is 0.176 e. The maximum atomic E-state index is 5.84. The van der Waals surface area contributed by atoms with Crippen molar-refractivity contribution in [1.29, 1.82) is 0 Å². The lowest BCUT2D eigenvalue weighted by Gasteiger charge is -2.00. The summed E-state index contributed by atoms with van der Waals surface area (Å²) in [5, 5.41) is 4.45. The zero-order valence-electron chi connectivity index (χ0n) is 11.0. The van der Waals surface area contributed by atoms with Crippen LogP contribution in [0.15, 0.2) is 44.6 Å². The zero-order chi connectivity index (χ0) is 13.9. The molecule has 0 atom stereocenters. The predicted octanol–water partition coefficient (Wildman–Crippen LogP) is 4.56. The molecule has 3 nitrogen and oxygen atoms in total. The third kappa shape index (κ3) is 2.90. The largest absolute Gasteiger partial charge is 0.493 e. The molecule has 2 heterocycles. The van der Waals surface area contributed by atoms with E-state index in [0.717, 1.165) is 32.8 Å².